The number of aromatic nitrogens is 2. The number of nitrogens with zero attached hydrogens (tertiary/aromatic N) is 2. The van der Waals surface area contributed by atoms with E-state index in [9.17, 15) is 4.79 Å². The summed E-state index contributed by atoms with van der Waals surface area (Å²) in [6.45, 7) is 0.129. The third kappa shape index (κ3) is 3.82. The summed E-state index contributed by atoms with van der Waals surface area (Å²) >= 11 is 1.49. The third-order valence-corrected chi connectivity index (χ3v) is 5.17. The summed E-state index contributed by atoms with van der Waals surface area (Å²) in [5, 5.41) is 2.73. The molecule has 0 aliphatic heterocycles. The van der Waals surface area contributed by atoms with Gasteiger partial charge in [0.2, 0.25) is 0 Å². The van der Waals surface area contributed by atoms with Gasteiger partial charge >= 0.3 is 5.97 Å². The van der Waals surface area contributed by atoms with Gasteiger partial charge in [0.15, 0.2) is 0 Å². The SMILES string of the molecule is COc1ccccc1-c1nc(COC(=O)c2ccc(-n3cccc3)cc2)cs1. The lowest BCUT2D eigenvalue weighted by molar-refractivity contribution is 0.0468. The Labute approximate surface area is 166 Å². The minimum atomic E-state index is -0.370. The monoisotopic (exact) mass is 390 g/mol. The zero-order chi connectivity index (χ0) is 19.3. The van der Waals surface area contributed by atoms with Crippen LogP contribution in [0.5, 0.6) is 5.75 Å². The molecule has 0 radical (unpaired) electrons. The first-order valence-corrected chi connectivity index (χ1v) is 9.61. The van der Waals surface area contributed by atoms with Crippen LogP contribution in [-0.2, 0) is 11.3 Å². The van der Waals surface area contributed by atoms with Gasteiger partial charge in [0, 0.05) is 23.5 Å². The second-order valence-corrected chi connectivity index (χ2v) is 6.92. The van der Waals surface area contributed by atoms with Crippen LogP contribution in [0, 0.1) is 0 Å². The van der Waals surface area contributed by atoms with E-state index in [0.29, 0.717) is 11.3 Å². The van der Waals surface area contributed by atoms with E-state index in [1.54, 1.807) is 19.2 Å². The molecule has 0 bridgehead atoms. The Bertz CT molecular complexity index is 1070. The summed E-state index contributed by atoms with van der Waals surface area (Å²) < 4.78 is 12.8. The zero-order valence-corrected chi connectivity index (χ0v) is 16.1. The summed E-state index contributed by atoms with van der Waals surface area (Å²) in [5.41, 5.74) is 3.13. The molecular formula is C22H18N2O3S. The molecule has 2 aromatic carbocycles. The maximum absolute atomic E-state index is 12.3. The van der Waals surface area contributed by atoms with Gasteiger partial charge in [-0.2, -0.15) is 0 Å². The summed E-state index contributed by atoms with van der Waals surface area (Å²) in [6, 6.07) is 18.9. The molecule has 6 heteroatoms. The number of carbonyl (C=O) groups is 1. The fraction of sp³-hybridized carbons (Fsp3) is 0.0909. The predicted octanol–water partition coefficient (Wildman–Crippen LogP) is 4.97. The quantitative estimate of drug-likeness (QED) is 0.436. The van der Waals surface area contributed by atoms with Gasteiger partial charge in [-0.15, -0.1) is 11.3 Å². The molecule has 5 nitrogen and oxygen atoms in total. The number of hydrogen-bond donors (Lipinski definition) is 0. The highest BCUT2D eigenvalue weighted by atomic mass is 32.1. The molecule has 0 unspecified atom stereocenters. The molecule has 2 heterocycles. The Kier molecular flexibility index (Phi) is 5.21. The molecule has 0 spiro atoms. The van der Waals surface area contributed by atoms with Crippen molar-refractivity contribution >= 4 is 17.3 Å². The molecule has 2 aromatic heterocycles. The molecule has 0 aliphatic carbocycles. The van der Waals surface area contributed by atoms with Crippen LogP contribution in [0.3, 0.4) is 0 Å². The number of hydrogen-bond acceptors (Lipinski definition) is 5. The standard InChI is InChI=1S/C22H18N2O3S/c1-26-20-7-3-2-6-19(20)21-23-17(15-28-21)14-27-22(25)16-8-10-18(11-9-16)24-12-4-5-13-24/h2-13,15H,14H2,1H3. The van der Waals surface area contributed by atoms with Crippen molar-refractivity contribution in [2.24, 2.45) is 0 Å². The van der Waals surface area contributed by atoms with Gasteiger partial charge in [0.1, 0.15) is 17.4 Å². The molecular weight excluding hydrogens is 372 g/mol. The van der Waals surface area contributed by atoms with Gasteiger partial charge in [0.25, 0.3) is 0 Å². The van der Waals surface area contributed by atoms with E-state index in [0.717, 1.165) is 22.0 Å². The van der Waals surface area contributed by atoms with Crippen molar-refractivity contribution in [1.29, 1.82) is 0 Å². The lowest BCUT2D eigenvalue weighted by atomic mass is 10.2. The largest absolute Gasteiger partial charge is 0.496 e. The minimum absolute atomic E-state index is 0.129. The van der Waals surface area contributed by atoms with Crippen LogP contribution in [0.15, 0.2) is 78.4 Å². The number of ether oxygens (including phenoxy) is 2. The highest BCUT2D eigenvalue weighted by Gasteiger charge is 2.12. The lowest BCUT2D eigenvalue weighted by Crippen LogP contribution is -2.05. The maximum Gasteiger partial charge on any atom is 0.338 e. The van der Waals surface area contributed by atoms with Crippen LogP contribution >= 0.6 is 11.3 Å². The summed E-state index contributed by atoms with van der Waals surface area (Å²) in [6.07, 6.45) is 3.91. The molecule has 4 rings (SSSR count). The van der Waals surface area contributed by atoms with Crippen LogP contribution in [0.4, 0.5) is 0 Å². The van der Waals surface area contributed by atoms with Crippen LogP contribution in [0.25, 0.3) is 16.3 Å². The highest BCUT2D eigenvalue weighted by Crippen LogP contribution is 2.32. The van der Waals surface area contributed by atoms with Crippen molar-refractivity contribution in [3.8, 4) is 22.0 Å². The maximum atomic E-state index is 12.3. The average Bonchev–Trinajstić information content (AvgIpc) is 3.44. The molecule has 4 aromatic rings. The Morgan fingerprint density at radius 1 is 1.04 bits per heavy atom. The van der Waals surface area contributed by atoms with Gasteiger partial charge in [-0.3, -0.25) is 0 Å². The van der Waals surface area contributed by atoms with Gasteiger partial charge in [-0.25, -0.2) is 9.78 Å². The van der Waals surface area contributed by atoms with E-state index in [4.69, 9.17) is 9.47 Å². The van der Waals surface area contributed by atoms with Crippen LogP contribution in [0.2, 0.25) is 0 Å². The number of para-hydroxylation sites is 1. The minimum Gasteiger partial charge on any atom is -0.496 e. The number of thiazole rings is 1. The van der Waals surface area contributed by atoms with E-state index in [1.807, 2.05) is 70.9 Å². The second kappa shape index (κ2) is 8.10. The van der Waals surface area contributed by atoms with Crippen molar-refractivity contribution in [2.75, 3.05) is 7.11 Å². The number of carbonyl (C=O) groups excluding carboxylic acids is 1. The molecule has 0 N–H and O–H groups in total. The van der Waals surface area contributed by atoms with Crippen LogP contribution in [0.1, 0.15) is 16.1 Å². The number of benzene rings is 2. The fourth-order valence-corrected chi connectivity index (χ4v) is 3.65. The number of methoxy groups -OCH3 is 1. The van der Waals surface area contributed by atoms with Crippen molar-refractivity contribution < 1.29 is 14.3 Å². The number of esters is 1. The fourth-order valence-electron chi connectivity index (χ4n) is 2.82. The molecule has 0 aliphatic rings. The predicted molar refractivity (Wildman–Crippen MR) is 109 cm³/mol. The molecule has 0 fully saturated rings. The number of rotatable bonds is 6. The van der Waals surface area contributed by atoms with Crippen molar-refractivity contribution in [2.45, 2.75) is 6.61 Å². The van der Waals surface area contributed by atoms with Crippen molar-refractivity contribution in [1.82, 2.24) is 9.55 Å². The van der Waals surface area contributed by atoms with E-state index < -0.39 is 0 Å². The van der Waals surface area contributed by atoms with Gasteiger partial charge < -0.3 is 14.0 Å². The molecule has 0 saturated heterocycles. The normalized spacial score (nSPS) is 10.6. The van der Waals surface area contributed by atoms with Crippen LogP contribution < -0.4 is 4.74 Å². The molecule has 0 atom stereocenters. The molecule has 0 amide bonds. The van der Waals surface area contributed by atoms with Gasteiger partial charge in [-0.1, -0.05) is 12.1 Å². The second-order valence-electron chi connectivity index (χ2n) is 6.06. The van der Waals surface area contributed by atoms with E-state index in [-0.39, 0.29) is 12.6 Å². The summed E-state index contributed by atoms with van der Waals surface area (Å²) in [5.74, 6) is 0.397. The van der Waals surface area contributed by atoms with Crippen molar-refractivity contribution in [3.05, 3.63) is 89.7 Å². The molecule has 28 heavy (non-hydrogen) atoms. The first-order valence-electron chi connectivity index (χ1n) is 8.73. The first-order chi connectivity index (χ1) is 13.7. The smallest absolute Gasteiger partial charge is 0.338 e. The Morgan fingerprint density at radius 2 is 1.79 bits per heavy atom. The first kappa shape index (κ1) is 18.0. The van der Waals surface area contributed by atoms with Gasteiger partial charge in [-0.05, 0) is 48.5 Å². The summed E-state index contributed by atoms with van der Waals surface area (Å²) in [7, 11) is 1.64. The van der Waals surface area contributed by atoms with E-state index in [1.165, 1.54) is 11.3 Å². The average molecular weight is 390 g/mol. The highest BCUT2D eigenvalue weighted by molar-refractivity contribution is 7.13. The van der Waals surface area contributed by atoms with E-state index in [2.05, 4.69) is 4.98 Å². The van der Waals surface area contributed by atoms with E-state index >= 15 is 0 Å². The lowest BCUT2D eigenvalue weighted by Gasteiger charge is -2.06. The molecule has 140 valence electrons. The molecule has 0 saturated carbocycles. The van der Waals surface area contributed by atoms with Crippen LogP contribution in [-0.4, -0.2) is 22.6 Å². The Balaban J connectivity index is 1.41. The Morgan fingerprint density at radius 3 is 2.54 bits per heavy atom. The summed E-state index contributed by atoms with van der Waals surface area (Å²) in [4.78, 5) is 16.9. The topological polar surface area (TPSA) is 53.4 Å². The third-order valence-electron chi connectivity index (χ3n) is 4.25. The van der Waals surface area contributed by atoms with Crippen molar-refractivity contribution in [3.63, 3.8) is 0 Å². The zero-order valence-electron chi connectivity index (χ0n) is 15.2. The van der Waals surface area contributed by atoms with Gasteiger partial charge in [0.05, 0.1) is 23.9 Å². The Hall–Kier alpha value is -3.38.